The molecule has 1 saturated heterocycles. The van der Waals surface area contributed by atoms with Gasteiger partial charge in [0.2, 0.25) is 11.8 Å². The summed E-state index contributed by atoms with van der Waals surface area (Å²) in [7, 11) is 3.67. The topological polar surface area (TPSA) is 96.7 Å². The average Bonchev–Trinajstić information content (AvgIpc) is 2.56. The summed E-state index contributed by atoms with van der Waals surface area (Å²) < 4.78 is 5.33. The van der Waals surface area contributed by atoms with E-state index in [9.17, 15) is 9.59 Å². The first-order valence-corrected chi connectivity index (χ1v) is 8.09. The number of benzene rings is 1. The molecular weight excluding hydrogens is 379 g/mol. The van der Waals surface area contributed by atoms with Gasteiger partial charge in [-0.1, -0.05) is 0 Å². The Balaban J connectivity index is 0.00000312. The lowest BCUT2D eigenvalue weighted by Gasteiger charge is -2.34. The highest BCUT2D eigenvalue weighted by Gasteiger charge is 2.38. The van der Waals surface area contributed by atoms with Crippen LogP contribution in [0.15, 0.2) is 24.3 Å². The molecule has 9 heteroatoms. The van der Waals surface area contributed by atoms with E-state index in [1.807, 2.05) is 14.1 Å². The molecule has 0 aromatic heterocycles. The highest BCUT2D eigenvalue weighted by Crippen LogP contribution is 2.31. The number of amides is 2. The summed E-state index contributed by atoms with van der Waals surface area (Å²) in [5, 5.41) is 5.73. The molecule has 0 saturated carbocycles. The smallest absolute Gasteiger partial charge is 0.238 e. The van der Waals surface area contributed by atoms with E-state index in [2.05, 4.69) is 10.6 Å². The summed E-state index contributed by atoms with van der Waals surface area (Å²) in [6.07, 6.45) is 1.27. The number of nitrogens with two attached hydrogens (primary N) is 1. The Hall–Kier alpha value is -1.38. The molecule has 0 aliphatic carbocycles. The zero-order valence-corrected chi connectivity index (χ0v) is 16.8. The van der Waals surface area contributed by atoms with Crippen LogP contribution in [0.3, 0.4) is 0 Å². The van der Waals surface area contributed by atoms with Gasteiger partial charge in [0.05, 0.1) is 12.0 Å². The monoisotopic (exact) mass is 406 g/mol. The second-order valence-electron chi connectivity index (χ2n) is 6.41. The van der Waals surface area contributed by atoms with Crippen molar-refractivity contribution in [3.63, 3.8) is 0 Å². The van der Waals surface area contributed by atoms with Crippen LogP contribution in [0.1, 0.15) is 12.8 Å². The third-order valence-corrected chi connectivity index (χ3v) is 4.21. The number of hydrogen-bond acceptors (Lipinski definition) is 5. The van der Waals surface area contributed by atoms with Crippen molar-refractivity contribution in [1.29, 1.82) is 0 Å². The molecule has 4 N–H and O–H groups in total. The predicted molar refractivity (Wildman–Crippen MR) is 108 cm³/mol. The molecule has 1 aromatic carbocycles. The number of carbonyl (C=O) groups excluding carboxylic acids is 2. The number of carbonyl (C=O) groups is 2. The van der Waals surface area contributed by atoms with Crippen LogP contribution in [0.25, 0.3) is 0 Å². The van der Waals surface area contributed by atoms with Crippen molar-refractivity contribution >= 4 is 48.0 Å². The molecular formula is C17H28Cl2N4O3. The molecule has 1 aromatic rings. The van der Waals surface area contributed by atoms with Crippen molar-refractivity contribution in [2.24, 2.45) is 11.1 Å². The number of nitrogens with zero attached hydrogens (tertiary/aromatic N) is 1. The van der Waals surface area contributed by atoms with Gasteiger partial charge in [-0.05, 0) is 51.2 Å². The van der Waals surface area contributed by atoms with Crippen molar-refractivity contribution in [1.82, 2.24) is 4.90 Å². The standard InChI is InChI=1S/C17H26N4O3.2ClH/c1-21(2)11-15(22)19-13-3-5-14(6-4-13)20-16(23)17(12-18)7-9-24-10-8-17;;/h3-6H,7-12,18H2,1-2H3,(H,19,22)(H,20,23);2*1H. The molecule has 26 heavy (non-hydrogen) atoms. The summed E-state index contributed by atoms with van der Waals surface area (Å²) >= 11 is 0. The second-order valence-corrected chi connectivity index (χ2v) is 6.41. The van der Waals surface area contributed by atoms with Gasteiger partial charge in [-0.15, -0.1) is 24.8 Å². The minimum absolute atomic E-state index is 0. The van der Waals surface area contributed by atoms with Gasteiger partial charge in [0, 0.05) is 31.1 Å². The quantitative estimate of drug-likeness (QED) is 0.668. The molecule has 2 rings (SSSR count). The maximum absolute atomic E-state index is 12.6. The number of likely N-dealkylation sites (N-methyl/N-ethyl adjacent to an activating group) is 1. The summed E-state index contributed by atoms with van der Waals surface area (Å²) in [5.41, 5.74) is 6.66. The van der Waals surface area contributed by atoms with Gasteiger partial charge >= 0.3 is 0 Å². The van der Waals surface area contributed by atoms with Crippen LogP contribution in [0.5, 0.6) is 0 Å². The van der Waals surface area contributed by atoms with Crippen LogP contribution in [0.4, 0.5) is 11.4 Å². The molecule has 1 aliphatic rings. The number of halogens is 2. The fraction of sp³-hybridized carbons (Fsp3) is 0.529. The Morgan fingerprint density at radius 3 is 2.04 bits per heavy atom. The predicted octanol–water partition coefficient (Wildman–Crippen LogP) is 1.72. The number of rotatable bonds is 6. The fourth-order valence-corrected chi connectivity index (χ4v) is 2.67. The third-order valence-electron chi connectivity index (χ3n) is 4.21. The largest absolute Gasteiger partial charge is 0.381 e. The lowest BCUT2D eigenvalue weighted by Crippen LogP contribution is -2.46. The number of ether oxygens (including phenoxy) is 1. The molecule has 0 bridgehead atoms. The van der Waals surface area contributed by atoms with Gasteiger partial charge in [-0.25, -0.2) is 0 Å². The Bertz CT molecular complexity index is 576. The van der Waals surface area contributed by atoms with Gasteiger partial charge in [0.1, 0.15) is 0 Å². The molecule has 1 aliphatic heterocycles. The first-order valence-electron chi connectivity index (χ1n) is 8.09. The maximum atomic E-state index is 12.6. The number of nitrogens with one attached hydrogen (secondary N) is 2. The van der Waals surface area contributed by atoms with E-state index in [-0.39, 0.29) is 36.6 Å². The van der Waals surface area contributed by atoms with Crippen molar-refractivity contribution in [2.45, 2.75) is 12.8 Å². The molecule has 1 heterocycles. The fourth-order valence-electron chi connectivity index (χ4n) is 2.67. The van der Waals surface area contributed by atoms with Gasteiger partial charge in [-0.3, -0.25) is 9.59 Å². The van der Waals surface area contributed by atoms with E-state index in [0.717, 1.165) is 0 Å². The number of hydrogen-bond donors (Lipinski definition) is 3. The van der Waals surface area contributed by atoms with Crippen LogP contribution < -0.4 is 16.4 Å². The molecule has 1 fully saturated rings. The SMILES string of the molecule is CN(C)CC(=O)Nc1ccc(NC(=O)C2(CN)CCOCC2)cc1.Cl.Cl. The lowest BCUT2D eigenvalue weighted by molar-refractivity contribution is -0.130. The van der Waals surface area contributed by atoms with Gasteiger partial charge in [-0.2, -0.15) is 0 Å². The molecule has 0 spiro atoms. The first-order chi connectivity index (χ1) is 11.4. The Labute approximate surface area is 166 Å². The van der Waals surface area contributed by atoms with E-state index in [1.165, 1.54) is 0 Å². The van der Waals surface area contributed by atoms with E-state index in [4.69, 9.17) is 10.5 Å². The van der Waals surface area contributed by atoms with Crippen molar-refractivity contribution in [3.8, 4) is 0 Å². The third kappa shape index (κ3) is 6.74. The summed E-state index contributed by atoms with van der Waals surface area (Å²) in [6.45, 7) is 1.74. The van der Waals surface area contributed by atoms with Gasteiger partial charge < -0.3 is 26.0 Å². The molecule has 0 atom stereocenters. The van der Waals surface area contributed by atoms with E-state index >= 15 is 0 Å². The van der Waals surface area contributed by atoms with Crippen molar-refractivity contribution in [2.75, 3.05) is 51.0 Å². The van der Waals surface area contributed by atoms with E-state index in [1.54, 1.807) is 29.2 Å². The van der Waals surface area contributed by atoms with Crippen molar-refractivity contribution in [3.05, 3.63) is 24.3 Å². The van der Waals surface area contributed by atoms with E-state index < -0.39 is 5.41 Å². The van der Waals surface area contributed by atoms with Gasteiger partial charge in [0.25, 0.3) is 0 Å². The molecule has 148 valence electrons. The Morgan fingerprint density at radius 1 is 1.08 bits per heavy atom. The minimum Gasteiger partial charge on any atom is -0.381 e. The first kappa shape index (κ1) is 24.6. The van der Waals surface area contributed by atoms with Gasteiger partial charge in [0.15, 0.2) is 0 Å². The highest BCUT2D eigenvalue weighted by molar-refractivity contribution is 5.96. The normalized spacial score (nSPS) is 15.4. The molecule has 7 nitrogen and oxygen atoms in total. The van der Waals surface area contributed by atoms with E-state index in [0.29, 0.717) is 50.5 Å². The molecule has 2 amide bonds. The molecule has 0 unspecified atom stereocenters. The zero-order chi connectivity index (χ0) is 17.6. The Morgan fingerprint density at radius 2 is 1.58 bits per heavy atom. The van der Waals surface area contributed by atoms with Crippen LogP contribution in [0, 0.1) is 5.41 Å². The summed E-state index contributed by atoms with van der Waals surface area (Å²) in [6, 6.07) is 7.07. The maximum Gasteiger partial charge on any atom is 0.238 e. The molecule has 0 radical (unpaired) electrons. The van der Waals surface area contributed by atoms with Crippen LogP contribution in [-0.4, -0.2) is 57.1 Å². The average molecular weight is 407 g/mol. The number of anilines is 2. The van der Waals surface area contributed by atoms with Crippen molar-refractivity contribution < 1.29 is 14.3 Å². The minimum atomic E-state index is -0.559. The Kier molecular flexibility index (Phi) is 10.8. The summed E-state index contributed by atoms with van der Waals surface area (Å²) in [5.74, 6) is -0.154. The van der Waals surface area contributed by atoms with Crippen LogP contribution in [0.2, 0.25) is 0 Å². The highest BCUT2D eigenvalue weighted by atomic mass is 35.5. The zero-order valence-electron chi connectivity index (χ0n) is 15.1. The summed E-state index contributed by atoms with van der Waals surface area (Å²) in [4.78, 5) is 26.1. The second kappa shape index (κ2) is 11.4. The lowest BCUT2D eigenvalue weighted by atomic mass is 9.79. The van der Waals surface area contributed by atoms with Crippen LogP contribution >= 0.6 is 24.8 Å². The van der Waals surface area contributed by atoms with Crippen LogP contribution in [-0.2, 0) is 14.3 Å².